The van der Waals surface area contributed by atoms with Crippen LogP contribution in [0.3, 0.4) is 0 Å². The molecule has 1 fully saturated rings. The Kier molecular flexibility index (Phi) is 4.66. The number of hydrogen-bond acceptors (Lipinski definition) is 5. The van der Waals surface area contributed by atoms with Crippen LogP contribution in [-0.2, 0) is 4.74 Å². The summed E-state index contributed by atoms with van der Waals surface area (Å²) in [6, 6.07) is 0. The molecule has 96 valence electrons. The minimum atomic E-state index is -1.13. The number of ether oxygens (including phenoxy) is 1. The van der Waals surface area contributed by atoms with Gasteiger partial charge in [-0.15, -0.1) is 0 Å². The SMILES string of the molecule is CSCC1OC(C(C)(C)C)C(O)[C@@H](O)[C@H]1O. The fourth-order valence-corrected chi connectivity index (χ4v) is 2.57. The summed E-state index contributed by atoms with van der Waals surface area (Å²) in [6.07, 6.45) is -2.13. The molecular weight excluding hydrogens is 228 g/mol. The summed E-state index contributed by atoms with van der Waals surface area (Å²) >= 11 is 1.55. The summed E-state index contributed by atoms with van der Waals surface area (Å²) in [6.45, 7) is 5.84. The summed E-state index contributed by atoms with van der Waals surface area (Å²) in [5, 5.41) is 29.4. The summed E-state index contributed by atoms with van der Waals surface area (Å²) < 4.78 is 5.71. The normalized spacial score (nSPS) is 41.1. The highest BCUT2D eigenvalue weighted by Gasteiger charge is 2.47. The second-order valence-corrected chi connectivity index (χ2v) is 6.30. The third-order valence-electron chi connectivity index (χ3n) is 2.90. The molecule has 0 radical (unpaired) electrons. The molecule has 0 spiro atoms. The minimum absolute atomic E-state index is 0.267. The number of aliphatic hydroxyl groups is 3. The molecule has 0 aromatic carbocycles. The van der Waals surface area contributed by atoms with Crippen molar-refractivity contribution in [3.05, 3.63) is 0 Å². The van der Waals surface area contributed by atoms with Crippen molar-refractivity contribution in [2.45, 2.75) is 51.3 Å². The lowest BCUT2D eigenvalue weighted by atomic mass is 9.80. The lowest BCUT2D eigenvalue weighted by Crippen LogP contribution is -2.61. The molecular formula is C11H22O4S. The Morgan fingerprint density at radius 1 is 1.06 bits per heavy atom. The molecule has 0 aliphatic carbocycles. The smallest absolute Gasteiger partial charge is 0.111 e. The molecule has 0 amide bonds. The van der Waals surface area contributed by atoms with Gasteiger partial charge in [-0.3, -0.25) is 0 Å². The van der Waals surface area contributed by atoms with Gasteiger partial charge >= 0.3 is 0 Å². The molecule has 0 aromatic heterocycles. The van der Waals surface area contributed by atoms with Crippen molar-refractivity contribution in [1.82, 2.24) is 0 Å². The lowest BCUT2D eigenvalue weighted by Gasteiger charge is -2.45. The second kappa shape index (κ2) is 5.23. The molecule has 0 bridgehead atoms. The van der Waals surface area contributed by atoms with Crippen LogP contribution in [-0.4, -0.2) is 57.8 Å². The highest BCUT2D eigenvalue weighted by atomic mass is 32.2. The third kappa shape index (κ3) is 2.90. The number of thioether (sulfide) groups is 1. The van der Waals surface area contributed by atoms with E-state index in [0.717, 1.165) is 0 Å². The highest BCUT2D eigenvalue weighted by molar-refractivity contribution is 7.98. The van der Waals surface area contributed by atoms with E-state index in [1.807, 2.05) is 27.0 Å². The first-order chi connectivity index (χ1) is 7.29. The average molecular weight is 250 g/mol. The van der Waals surface area contributed by atoms with Gasteiger partial charge in [-0.05, 0) is 11.7 Å². The monoisotopic (exact) mass is 250 g/mol. The first-order valence-corrected chi connectivity index (χ1v) is 6.87. The average Bonchev–Trinajstić information content (AvgIpc) is 2.17. The number of aliphatic hydroxyl groups excluding tert-OH is 3. The fourth-order valence-electron chi connectivity index (χ4n) is 1.97. The van der Waals surface area contributed by atoms with Crippen LogP contribution in [0.15, 0.2) is 0 Å². The third-order valence-corrected chi connectivity index (χ3v) is 3.56. The molecule has 1 aliphatic heterocycles. The molecule has 0 aromatic rings. The molecule has 1 saturated heterocycles. The van der Waals surface area contributed by atoms with Crippen LogP contribution in [0.1, 0.15) is 20.8 Å². The predicted octanol–water partition coefficient (Wildman–Crippen LogP) is 0.246. The van der Waals surface area contributed by atoms with Gasteiger partial charge in [-0.1, -0.05) is 20.8 Å². The first kappa shape index (κ1) is 14.3. The molecule has 5 atom stereocenters. The maximum Gasteiger partial charge on any atom is 0.111 e. The van der Waals surface area contributed by atoms with Crippen LogP contribution in [0.4, 0.5) is 0 Å². The summed E-state index contributed by atoms with van der Waals surface area (Å²) in [5.41, 5.74) is -0.267. The quantitative estimate of drug-likeness (QED) is 0.655. The van der Waals surface area contributed by atoms with Crippen molar-refractivity contribution in [2.24, 2.45) is 5.41 Å². The molecule has 3 unspecified atom stereocenters. The van der Waals surface area contributed by atoms with Crippen molar-refractivity contribution in [3.63, 3.8) is 0 Å². The summed E-state index contributed by atoms with van der Waals surface area (Å²) in [4.78, 5) is 0. The van der Waals surface area contributed by atoms with Gasteiger partial charge in [0.15, 0.2) is 0 Å². The maximum absolute atomic E-state index is 9.89. The fraction of sp³-hybridized carbons (Fsp3) is 1.00. The Bertz CT molecular complexity index is 229. The Balaban J connectivity index is 2.81. The Morgan fingerprint density at radius 3 is 2.06 bits per heavy atom. The minimum Gasteiger partial charge on any atom is -0.388 e. The van der Waals surface area contributed by atoms with Crippen LogP contribution >= 0.6 is 11.8 Å². The van der Waals surface area contributed by atoms with Gasteiger partial charge < -0.3 is 20.1 Å². The van der Waals surface area contributed by atoms with Crippen LogP contribution in [0.25, 0.3) is 0 Å². The molecule has 16 heavy (non-hydrogen) atoms. The molecule has 3 N–H and O–H groups in total. The van der Waals surface area contributed by atoms with Gasteiger partial charge in [-0.2, -0.15) is 11.8 Å². The molecule has 1 rings (SSSR count). The van der Waals surface area contributed by atoms with Crippen molar-refractivity contribution < 1.29 is 20.1 Å². The number of rotatable bonds is 2. The zero-order valence-electron chi connectivity index (χ0n) is 10.3. The van der Waals surface area contributed by atoms with Crippen LogP contribution in [0.5, 0.6) is 0 Å². The van der Waals surface area contributed by atoms with E-state index < -0.39 is 30.5 Å². The summed E-state index contributed by atoms with van der Waals surface area (Å²) in [5.74, 6) is 0.609. The largest absolute Gasteiger partial charge is 0.388 e. The van der Waals surface area contributed by atoms with Gasteiger partial charge in [0.25, 0.3) is 0 Å². The second-order valence-electron chi connectivity index (χ2n) is 5.39. The zero-order valence-corrected chi connectivity index (χ0v) is 11.1. The molecule has 5 heteroatoms. The maximum atomic E-state index is 9.89. The van der Waals surface area contributed by atoms with E-state index in [1.165, 1.54) is 0 Å². The van der Waals surface area contributed by atoms with E-state index in [4.69, 9.17) is 4.74 Å². The Labute approximate surface area is 101 Å². The van der Waals surface area contributed by atoms with Gasteiger partial charge in [0.2, 0.25) is 0 Å². The van der Waals surface area contributed by atoms with Gasteiger partial charge in [0.05, 0.1) is 12.2 Å². The predicted molar refractivity (Wildman–Crippen MR) is 64.5 cm³/mol. The van der Waals surface area contributed by atoms with Gasteiger partial charge in [0, 0.05) is 5.75 Å². The molecule has 1 aliphatic rings. The van der Waals surface area contributed by atoms with E-state index >= 15 is 0 Å². The lowest BCUT2D eigenvalue weighted by molar-refractivity contribution is -0.238. The molecule has 0 saturated carbocycles. The number of hydrogen-bond donors (Lipinski definition) is 3. The van der Waals surface area contributed by atoms with Crippen molar-refractivity contribution in [2.75, 3.05) is 12.0 Å². The van der Waals surface area contributed by atoms with Crippen LogP contribution in [0.2, 0.25) is 0 Å². The van der Waals surface area contributed by atoms with E-state index in [2.05, 4.69) is 0 Å². The standard InChI is InChI=1S/C11H22O4S/c1-11(2,3)10-9(14)8(13)7(12)6(15-10)5-16-4/h6-10,12-14H,5H2,1-4H3/t6?,7-,8-,9?,10?/m0/s1. The van der Waals surface area contributed by atoms with E-state index in [-0.39, 0.29) is 5.41 Å². The van der Waals surface area contributed by atoms with Crippen LogP contribution in [0, 0.1) is 5.41 Å². The van der Waals surface area contributed by atoms with Gasteiger partial charge in [-0.25, -0.2) is 0 Å². The Morgan fingerprint density at radius 2 is 1.62 bits per heavy atom. The molecule has 1 heterocycles. The first-order valence-electron chi connectivity index (χ1n) is 5.47. The van der Waals surface area contributed by atoms with Gasteiger partial charge in [0.1, 0.15) is 18.3 Å². The van der Waals surface area contributed by atoms with Crippen LogP contribution < -0.4 is 0 Å². The molecule has 4 nitrogen and oxygen atoms in total. The highest BCUT2D eigenvalue weighted by Crippen LogP contribution is 2.33. The van der Waals surface area contributed by atoms with E-state index in [0.29, 0.717) is 5.75 Å². The van der Waals surface area contributed by atoms with Crippen molar-refractivity contribution >= 4 is 11.8 Å². The topological polar surface area (TPSA) is 69.9 Å². The summed E-state index contributed by atoms with van der Waals surface area (Å²) in [7, 11) is 0. The van der Waals surface area contributed by atoms with Crippen molar-refractivity contribution in [3.8, 4) is 0 Å². The van der Waals surface area contributed by atoms with E-state index in [1.54, 1.807) is 11.8 Å². The zero-order chi connectivity index (χ0) is 12.5. The Hall–Kier alpha value is 0.190. The van der Waals surface area contributed by atoms with Crippen molar-refractivity contribution in [1.29, 1.82) is 0 Å². The van der Waals surface area contributed by atoms with E-state index in [9.17, 15) is 15.3 Å².